The Balaban J connectivity index is 1.37. The van der Waals surface area contributed by atoms with Gasteiger partial charge in [-0.25, -0.2) is 13.4 Å². The van der Waals surface area contributed by atoms with Crippen LogP contribution in [0, 0.1) is 25.2 Å². The number of aryl methyl sites for hydroxylation is 2. The van der Waals surface area contributed by atoms with Crippen LogP contribution in [0.15, 0.2) is 65.6 Å². The van der Waals surface area contributed by atoms with Gasteiger partial charge in [-0.2, -0.15) is 9.57 Å². The Morgan fingerprint density at radius 2 is 1.93 bits per heavy atom. The van der Waals surface area contributed by atoms with Crippen molar-refractivity contribution in [2.45, 2.75) is 50.8 Å². The van der Waals surface area contributed by atoms with Gasteiger partial charge in [0.1, 0.15) is 28.8 Å². The van der Waals surface area contributed by atoms with Crippen molar-refractivity contribution >= 4 is 50.0 Å². The molecule has 0 spiro atoms. The smallest absolute Gasteiger partial charge is 0.245 e. The second kappa shape index (κ2) is 12.3. The highest BCUT2D eigenvalue weighted by atomic mass is 35.5. The number of aromatic nitrogens is 1. The number of hydrogen-bond donors (Lipinski definition) is 1. The number of nitriles is 1. The summed E-state index contributed by atoms with van der Waals surface area (Å²) in [6.07, 6.45) is 0.896. The van der Waals surface area contributed by atoms with Crippen LogP contribution in [0.25, 0.3) is 10.9 Å². The maximum atomic E-state index is 13.8. The van der Waals surface area contributed by atoms with Crippen LogP contribution < -0.4 is 10.1 Å². The van der Waals surface area contributed by atoms with E-state index in [1.54, 1.807) is 30.3 Å². The van der Waals surface area contributed by atoms with Gasteiger partial charge in [-0.15, -0.1) is 0 Å². The molecule has 3 aromatic carbocycles. The first-order valence-electron chi connectivity index (χ1n) is 13.4. The highest BCUT2D eigenvalue weighted by Gasteiger charge is 2.40. The van der Waals surface area contributed by atoms with Crippen molar-refractivity contribution in [3.8, 4) is 11.8 Å². The number of hydrogen-bond acceptors (Lipinski definition) is 6. The van der Waals surface area contributed by atoms with Gasteiger partial charge in [-0.1, -0.05) is 47.5 Å². The molecule has 1 aromatic heterocycles. The van der Waals surface area contributed by atoms with E-state index in [4.69, 9.17) is 33.2 Å². The molecule has 0 bridgehead atoms. The topological polar surface area (TPSA) is 112 Å². The van der Waals surface area contributed by atoms with Gasteiger partial charge in [0.2, 0.25) is 15.9 Å². The molecule has 1 fully saturated rings. The average Bonchev–Trinajstić information content (AvgIpc) is 3.47. The predicted octanol–water partition coefficient (Wildman–Crippen LogP) is 6.08. The zero-order chi connectivity index (χ0) is 30.0. The van der Waals surface area contributed by atoms with Crippen LogP contribution in [-0.2, 0) is 28.0 Å². The van der Waals surface area contributed by atoms with Crippen LogP contribution >= 0.6 is 23.2 Å². The number of para-hydroxylation sites is 1. The van der Waals surface area contributed by atoms with Gasteiger partial charge in [0.05, 0.1) is 16.7 Å². The molecule has 0 aliphatic carbocycles. The Morgan fingerprint density at radius 1 is 1.14 bits per heavy atom. The SMILES string of the molecule is Cc1cc(C)c2cccc(OCc3c(Cl)ccc(S(=O)(=O)N4CCC[C@H]4C(=O)NCc4cccc(C#N)c4)c3Cl)c2n1. The monoisotopic (exact) mass is 622 g/mol. The van der Waals surface area contributed by atoms with Gasteiger partial charge < -0.3 is 10.1 Å². The molecule has 0 unspecified atom stereocenters. The molecule has 1 saturated heterocycles. The summed E-state index contributed by atoms with van der Waals surface area (Å²) in [6.45, 7) is 4.17. The van der Waals surface area contributed by atoms with Gasteiger partial charge in [0.15, 0.2) is 0 Å². The van der Waals surface area contributed by atoms with E-state index in [9.17, 15) is 13.2 Å². The number of nitrogens with zero attached hydrogens (tertiary/aromatic N) is 3. The van der Waals surface area contributed by atoms with Gasteiger partial charge in [0, 0.05) is 34.8 Å². The lowest BCUT2D eigenvalue weighted by Gasteiger charge is -2.24. The molecule has 2 heterocycles. The predicted molar refractivity (Wildman–Crippen MR) is 162 cm³/mol. The lowest BCUT2D eigenvalue weighted by atomic mass is 10.1. The third kappa shape index (κ3) is 5.94. The highest BCUT2D eigenvalue weighted by molar-refractivity contribution is 7.89. The standard InChI is InChI=1S/C31H28Cl2N4O4S/c1-19-14-20(2)36-30-23(19)8-4-10-27(30)41-18-24-25(32)11-12-28(29(24)33)42(39,40)37-13-5-9-26(37)31(38)35-17-22-7-3-6-21(15-22)16-34/h3-4,6-8,10-12,14-15,26H,5,9,13,17-18H2,1-2H3,(H,35,38)/t26-/m0/s1. The maximum Gasteiger partial charge on any atom is 0.245 e. The summed E-state index contributed by atoms with van der Waals surface area (Å²) >= 11 is 13.2. The van der Waals surface area contributed by atoms with Crippen LogP contribution in [-0.4, -0.2) is 36.2 Å². The minimum Gasteiger partial charge on any atom is -0.487 e. The third-order valence-electron chi connectivity index (χ3n) is 7.28. The number of amides is 1. The van der Waals surface area contributed by atoms with Crippen LogP contribution in [0.4, 0.5) is 0 Å². The second-order valence-corrected chi connectivity index (χ2v) is 12.8. The van der Waals surface area contributed by atoms with Crippen molar-refractivity contribution in [2.75, 3.05) is 6.54 Å². The largest absolute Gasteiger partial charge is 0.487 e. The zero-order valence-corrected chi connectivity index (χ0v) is 25.4. The fourth-order valence-corrected chi connectivity index (χ4v) is 7.72. The summed E-state index contributed by atoms with van der Waals surface area (Å²) in [5.41, 5.74) is 4.14. The van der Waals surface area contributed by atoms with E-state index in [1.807, 2.05) is 32.0 Å². The normalized spacial score (nSPS) is 15.5. The molecule has 42 heavy (non-hydrogen) atoms. The van der Waals surface area contributed by atoms with E-state index in [0.29, 0.717) is 35.2 Å². The molecule has 0 saturated carbocycles. The lowest BCUT2D eigenvalue weighted by molar-refractivity contribution is -0.124. The number of carbonyl (C=O) groups excluding carboxylic acids is 1. The highest BCUT2D eigenvalue weighted by Crippen LogP contribution is 2.36. The Kier molecular flexibility index (Phi) is 8.71. The first-order chi connectivity index (χ1) is 20.1. The first-order valence-corrected chi connectivity index (χ1v) is 15.5. The van der Waals surface area contributed by atoms with Crippen molar-refractivity contribution in [2.24, 2.45) is 0 Å². The van der Waals surface area contributed by atoms with Crippen LogP contribution in [0.5, 0.6) is 5.75 Å². The minimum atomic E-state index is -4.15. The first kappa shape index (κ1) is 29.8. The van der Waals surface area contributed by atoms with E-state index < -0.39 is 22.0 Å². The maximum absolute atomic E-state index is 13.8. The number of fused-ring (bicyclic) bond motifs is 1. The van der Waals surface area contributed by atoms with Crippen molar-refractivity contribution in [3.63, 3.8) is 0 Å². The fraction of sp³-hybridized carbons (Fsp3) is 0.258. The quantitative estimate of drug-likeness (QED) is 0.255. The molecule has 8 nitrogen and oxygen atoms in total. The van der Waals surface area contributed by atoms with Crippen molar-refractivity contribution in [3.05, 3.63) is 98.7 Å². The number of ether oxygens (including phenoxy) is 1. The number of rotatable bonds is 8. The Bertz CT molecular complexity index is 1840. The average molecular weight is 624 g/mol. The number of benzene rings is 3. The molecule has 4 aromatic rings. The number of nitrogens with one attached hydrogen (secondary N) is 1. The van der Waals surface area contributed by atoms with E-state index in [-0.39, 0.29) is 34.6 Å². The molecule has 1 N–H and O–H groups in total. The van der Waals surface area contributed by atoms with Gasteiger partial charge >= 0.3 is 0 Å². The number of sulfonamides is 1. The Labute approximate surface area is 254 Å². The van der Waals surface area contributed by atoms with E-state index in [1.165, 1.54) is 16.4 Å². The number of carbonyl (C=O) groups is 1. The summed E-state index contributed by atoms with van der Waals surface area (Å²) in [6, 6.07) is 18.5. The van der Waals surface area contributed by atoms with Crippen LogP contribution in [0.3, 0.4) is 0 Å². The van der Waals surface area contributed by atoms with Crippen molar-refractivity contribution in [1.82, 2.24) is 14.6 Å². The fourth-order valence-electron chi connectivity index (χ4n) is 5.20. The molecular formula is C31H28Cl2N4O4S. The van der Waals surface area contributed by atoms with Gasteiger partial charge in [-0.3, -0.25) is 4.79 Å². The Morgan fingerprint density at radius 3 is 2.71 bits per heavy atom. The molecule has 1 aliphatic rings. The van der Waals surface area contributed by atoms with Crippen molar-refractivity contribution in [1.29, 1.82) is 5.26 Å². The van der Waals surface area contributed by atoms with E-state index in [2.05, 4.69) is 16.4 Å². The van der Waals surface area contributed by atoms with Crippen LogP contribution in [0.1, 0.15) is 40.8 Å². The molecule has 216 valence electrons. The molecular weight excluding hydrogens is 595 g/mol. The molecule has 1 aliphatic heterocycles. The summed E-state index contributed by atoms with van der Waals surface area (Å²) in [5, 5.41) is 13.1. The molecule has 11 heteroatoms. The lowest BCUT2D eigenvalue weighted by Crippen LogP contribution is -2.45. The Hall–Kier alpha value is -3.68. The van der Waals surface area contributed by atoms with E-state index >= 15 is 0 Å². The number of pyridine rings is 1. The summed E-state index contributed by atoms with van der Waals surface area (Å²) in [5.74, 6) is 0.109. The zero-order valence-electron chi connectivity index (χ0n) is 23.0. The third-order valence-corrected chi connectivity index (χ3v) is 10.1. The summed E-state index contributed by atoms with van der Waals surface area (Å²) < 4.78 is 35.0. The van der Waals surface area contributed by atoms with Gasteiger partial charge in [-0.05, 0) is 74.2 Å². The number of halogens is 2. The van der Waals surface area contributed by atoms with E-state index in [0.717, 1.165) is 22.2 Å². The molecule has 1 atom stereocenters. The molecule has 0 radical (unpaired) electrons. The summed E-state index contributed by atoms with van der Waals surface area (Å²) in [4.78, 5) is 17.6. The summed E-state index contributed by atoms with van der Waals surface area (Å²) in [7, 11) is -4.15. The van der Waals surface area contributed by atoms with Crippen molar-refractivity contribution < 1.29 is 17.9 Å². The second-order valence-electron chi connectivity index (χ2n) is 10.2. The molecule has 5 rings (SSSR count). The minimum absolute atomic E-state index is 0.0533. The van der Waals surface area contributed by atoms with Gasteiger partial charge in [0.25, 0.3) is 0 Å². The van der Waals surface area contributed by atoms with Crippen LogP contribution in [0.2, 0.25) is 10.0 Å². The molecule has 1 amide bonds.